The maximum atomic E-state index is 12.4. The molecule has 2 rings (SSSR count). The second-order valence-corrected chi connectivity index (χ2v) is 7.73. The minimum atomic E-state index is -0.459. The first-order valence-corrected chi connectivity index (χ1v) is 11.4. The molecule has 0 heterocycles. The fraction of sp³-hybridized carbons (Fsp3) is 0.480. The highest BCUT2D eigenvalue weighted by atomic mass is 35.5. The van der Waals surface area contributed by atoms with Gasteiger partial charge in [0.2, 0.25) is 0 Å². The Kier molecular flexibility index (Phi) is 11.2. The van der Waals surface area contributed by atoms with Crippen molar-refractivity contribution < 1.29 is 19.0 Å². The zero-order valence-electron chi connectivity index (χ0n) is 18.1. The zero-order chi connectivity index (χ0) is 21.6. The molecule has 0 aromatic heterocycles. The molecule has 4 nitrogen and oxygen atoms in total. The Balaban J connectivity index is 1.82. The number of benzene rings is 2. The van der Waals surface area contributed by atoms with Crippen LogP contribution in [-0.4, -0.2) is 19.2 Å². The Morgan fingerprint density at radius 2 is 1.33 bits per heavy atom. The predicted octanol–water partition coefficient (Wildman–Crippen LogP) is 7.48. The lowest BCUT2D eigenvalue weighted by Gasteiger charge is -2.10. The summed E-state index contributed by atoms with van der Waals surface area (Å²) in [6.07, 6.45) is 9.21. The van der Waals surface area contributed by atoms with E-state index in [1.54, 1.807) is 42.5 Å². The first-order chi connectivity index (χ1) is 14.6. The molecule has 0 saturated heterocycles. The van der Waals surface area contributed by atoms with E-state index in [1.807, 2.05) is 0 Å². The Hall–Kier alpha value is -2.20. The number of rotatable bonds is 14. The predicted molar refractivity (Wildman–Crippen MR) is 122 cm³/mol. The SMILES string of the molecule is CCCCCCOc1ccc(C(=O)Oc2ccc(OCCCCCC)cc2Cl)cc1. The summed E-state index contributed by atoms with van der Waals surface area (Å²) in [7, 11) is 0. The molecule has 164 valence electrons. The van der Waals surface area contributed by atoms with Gasteiger partial charge in [-0.15, -0.1) is 0 Å². The summed E-state index contributed by atoms with van der Waals surface area (Å²) in [6, 6.07) is 12.1. The van der Waals surface area contributed by atoms with E-state index < -0.39 is 5.97 Å². The molecule has 0 unspecified atom stereocenters. The normalized spacial score (nSPS) is 10.6. The van der Waals surface area contributed by atoms with E-state index in [2.05, 4.69) is 13.8 Å². The van der Waals surface area contributed by atoms with Crippen molar-refractivity contribution in [1.29, 1.82) is 0 Å². The summed E-state index contributed by atoms with van der Waals surface area (Å²) in [5.41, 5.74) is 0.445. The lowest BCUT2D eigenvalue weighted by atomic mass is 10.2. The van der Waals surface area contributed by atoms with Gasteiger partial charge in [0.15, 0.2) is 0 Å². The van der Waals surface area contributed by atoms with Gasteiger partial charge >= 0.3 is 5.97 Å². The Bertz CT molecular complexity index is 758. The van der Waals surface area contributed by atoms with Gasteiger partial charge in [0.05, 0.1) is 23.8 Å². The molecule has 2 aromatic carbocycles. The second-order valence-electron chi connectivity index (χ2n) is 7.32. The quantitative estimate of drug-likeness (QED) is 0.176. The Morgan fingerprint density at radius 3 is 1.90 bits per heavy atom. The van der Waals surface area contributed by atoms with Crippen LogP contribution in [0.2, 0.25) is 5.02 Å². The van der Waals surface area contributed by atoms with E-state index in [4.69, 9.17) is 25.8 Å². The summed E-state index contributed by atoms with van der Waals surface area (Å²) in [6.45, 7) is 5.71. The number of hydrogen-bond donors (Lipinski definition) is 0. The van der Waals surface area contributed by atoms with Crippen molar-refractivity contribution in [3.05, 3.63) is 53.1 Å². The number of unbranched alkanes of at least 4 members (excludes halogenated alkanes) is 6. The average molecular weight is 433 g/mol. The molecule has 0 aliphatic heterocycles. The monoisotopic (exact) mass is 432 g/mol. The highest BCUT2D eigenvalue weighted by Crippen LogP contribution is 2.29. The third-order valence-corrected chi connectivity index (χ3v) is 5.02. The lowest BCUT2D eigenvalue weighted by molar-refractivity contribution is 0.0734. The fourth-order valence-corrected chi connectivity index (χ4v) is 3.15. The van der Waals surface area contributed by atoms with Gasteiger partial charge in [-0.3, -0.25) is 0 Å². The lowest BCUT2D eigenvalue weighted by Crippen LogP contribution is -2.09. The molecule has 0 N–H and O–H groups in total. The minimum absolute atomic E-state index is 0.316. The van der Waals surface area contributed by atoms with E-state index >= 15 is 0 Å². The molecular formula is C25H33ClO4. The average Bonchev–Trinajstić information content (AvgIpc) is 2.75. The third kappa shape index (κ3) is 8.66. The third-order valence-electron chi connectivity index (χ3n) is 4.73. The number of esters is 1. The zero-order valence-corrected chi connectivity index (χ0v) is 18.9. The molecule has 0 atom stereocenters. The van der Waals surface area contributed by atoms with Crippen LogP contribution in [0, 0.1) is 0 Å². The minimum Gasteiger partial charge on any atom is -0.494 e. The van der Waals surface area contributed by atoms with Crippen LogP contribution in [0.25, 0.3) is 0 Å². The number of carbonyl (C=O) groups excluding carboxylic acids is 1. The van der Waals surface area contributed by atoms with Crippen molar-refractivity contribution in [2.75, 3.05) is 13.2 Å². The summed E-state index contributed by atoms with van der Waals surface area (Å²) in [5, 5.41) is 0.349. The first-order valence-electron chi connectivity index (χ1n) is 11.0. The molecule has 2 aromatic rings. The van der Waals surface area contributed by atoms with Crippen LogP contribution in [0.3, 0.4) is 0 Å². The molecule has 30 heavy (non-hydrogen) atoms. The van der Waals surface area contributed by atoms with Crippen LogP contribution in [0.1, 0.15) is 75.6 Å². The van der Waals surface area contributed by atoms with Gasteiger partial charge in [0.25, 0.3) is 0 Å². The van der Waals surface area contributed by atoms with Crippen molar-refractivity contribution in [2.24, 2.45) is 0 Å². The molecule has 0 saturated carbocycles. The maximum absolute atomic E-state index is 12.4. The summed E-state index contributed by atoms with van der Waals surface area (Å²) < 4.78 is 16.9. The molecule has 0 aliphatic rings. The maximum Gasteiger partial charge on any atom is 0.343 e. The van der Waals surface area contributed by atoms with Crippen LogP contribution in [-0.2, 0) is 0 Å². The number of carbonyl (C=O) groups is 1. The Labute approximate surface area is 185 Å². The molecule has 0 bridgehead atoms. The van der Waals surface area contributed by atoms with Crippen LogP contribution in [0.4, 0.5) is 0 Å². The van der Waals surface area contributed by atoms with Gasteiger partial charge in [-0.05, 0) is 49.2 Å². The highest BCUT2D eigenvalue weighted by molar-refractivity contribution is 6.32. The van der Waals surface area contributed by atoms with E-state index in [0.29, 0.717) is 35.3 Å². The standard InChI is InChI=1S/C25H33ClO4/c1-3-5-7-9-17-28-21-13-11-20(12-14-21)25(27)30-24-16-15-22(19-23(24)26)29-18-10-8-6-4-2/h11-16,19H,3-10,17-18H2,1-2H3. The molecule has 0 spiro atoms. The topological polar surface area (TPSA) is 44.8 Å². The number of ether oxygens (including phenoxy) is 3. The van der Waals surface area contributed by atoms with E-state index in [-0.39, 0.29) is 0 Å². The molecule has 0 aliphatic carbocycles. The first kappa shape index (κ1) is 24.1. The van der Waals surface area contributed by atoms with Crippen molar-refractivity contribution in [3.8, 4) is 17.2 Å². The fourth-order valence-electron chi connectivity index (χ4n) is 2.94. The summed E-state index contributed by atoms with van der Waals surface area (Å²) >= 11 is 6.26. The van der Waals surface area contributed by atoms with Crippen molar-refractivity contribution in [1.82, 2.24) is 0 Å². The summed E-state index contributed by atoms with van der Waals surface area (Å²) in [4.78, 5) is 12.4. The highest BCUT2D eigenvalue weighted by Gasteiger charge is 2.12. The smallest absolute Gasteiger partial charge is 0.343 e. The van der Waals surface area contributed by atoms with Crippen molar-refractivity contribution in [3.63, 3.8) is 0 Å². The molecular weight excluding hydrogens is 400 g/mol. The van der Waals surface area contributed by atoms with Gasteiger partial charge in [0.1, 0.15) is 17.2 Å². The largest absolute Gasteiger partial charge is 0.494 e. The molecule has 5 heteroatoms. The number of hydrogen-bond acceptors (Lipinski definition) is 4. The molecule has 0 amide bonds. The van der Waals surface area contributed by atoms with Crippen molar-refractivity contribution in [2.45, 2.75) is 65.2 Å². The Morgan fingerprint density at radius 1 is 0.767 bits per heavy atom. The van der Waals surface area contributed by atoms with E-state index in [1.165, 1.54) is 32.1 Å². The van der Waals surface area contributed by atoms with Crippen LogP contribution < -0.4 is 14.2 Å². The van der Waals surface area contributed by atoms with E-state index in [0.717, 1.165) is 25.0 Å². The van der Waals surface area contributed by atoms with Crippen LogP contribution in [0.5, 0.6) is 17.2 Å². The van der Waals surface area contributed by atoms with Crippen LogP contribution >= 0.6 is 11.6 Å². The van der Waals surface area contributed by atoms with Crippen molar-refractivity contribution >= 4 is 17.6 Å². The molecule has 0 radical (unpaired) electrons. The van der Waals surface area contributed by atoms with E-state index in [9.17, 15) is 4.79 Å². The van der Waals surface area contributed by atoms with Gasteiger partial charge in [-0.1, -0.05) is 64.0 Å². The van der Waals surface area contributed by atoms with Crippen LogP contribution in [0.15, 0.2) is 42.5 Å². The van der Waals surface area contributed by atoms with Gasteiger partial charge in [-0.25, -0.2) is 4.79 Å². The van der Waals surface area contributed by atoms with Gasteiger partial charge < -0.3 is 14.2 Å². The van der Waals surface area contributed by atoms with Gasteiger partial charge in [-0.2, -0.15) is 0 Å². The number of halogens is 1. The van der Waals surface area contributed by atoms with Gasteiger partial charge in [0, 0.05) is 6.07 Å². The summed E-state index contributed by atoms with van der Waals surface area (Å²) in [5.74, 6) is 1.29. The molecule has 0 fully saturated rings. The second kappa shape index (κ2) is 13.9.